The maximum absolute atomic E-state index is 13.4. The highest BCUT2D eigenvalue weighted by Gasteiger charge is 2.20. The topological polar surface area (TPSA) is 112 Å². The fourth-order valence-electron chi connectivity index (χ4n) is 6.09. The Bertz CT molecular complexity index is 2430. The molecule has 0 fully saturated rings. The number of hydrogen-bond donors (Lipinski definition) is 1. The first-order valence-corrected chi connectivity index (χ1v) is 17.6. The molecule has 10 heteroatoms. The van der Waals surface area contributed by atoms with Crippen molar-refractivity contribution in [2.75, 3.05) is 7.11 Å². The van der Waals surface area contributed by atoms with Crippen LogP contribution < -0.4 is 15.9 Å². The Labute approximate surface area is 312 Å². The van der Waals surface area contributed by atoms with Crippen LogP contribution in [0.2, 0.25) is 5.02 Å². The van der Waals surface area contributed by atoms with E-state index in [0.717, 1.165) is 16.7 Å². The van der Waals surface area contributed by atoms with E-state index < -0.39 is 0 Å². The van der Waals surface area contributed by atoms with E-state index in [4.69, 9.17) is 20.8 Å². The molecule has 0 saturated heterocycles. The van der Waals surface area contributed by atoms with Crippen molar-refractivity contribution in [3.05, 3.63) is 176 Å². The fraction of sp³-hybridized carbons (Fsp3) is 0.163. The van der Waals surface area contributed by atoms with Gasteiger partial charge in [0.1, 0.15) is 39.5 Å². The number of aromatic nitrogens is 4. The molecular formula is C43H39ClN4O5. The van der Waals surface area contributed by atoms with Gasteiger partial charge in [-0.3, -0.25) is 18.7 Å². The maximum atomic E-state index is 13.4. The van der Waals surface area contributed by atoms with Gasteiger partial charge in [-0.05, 0) is 74.2 Å². The van der Waals surface area contributed by atoms with Gasteiger partial charge >= 0.3 is 0 Å². The molecule has 53 heavy (non-hydrogen) atoms. The van der Waals surface area contributed by atoms with Crippen LogP contribution in [-0.2, 0) is 25.9 Å². The molecule has 0 spiro atoms. The summed E-state index contributed by atoms with van der Waals surface area (Å²) < 4.78 is 14.1. The molecule has 0 amide bonds. The van der Waals surface area contributed by atoms with Gasteiger partial charge in [-0.15, -0.1) is 0 Å². The lowest BCUT2D eigenvalue weighted by atomic mass is 10.1. The SMILES string of the molecule is COc1ccccc1-c1nc(C)c(Cl)c(=O)n1CCc1ccccc1.Cc1nc(-c2ccccc2O)n(CCc2ccccc2)c(=O)c1-c1ccco1. The summed E-state index contributed by atoms with van der Waals surface area (Å²) in [4.78, 5) is 35.4. The molecule has 3 aromatic heterocycles. The number of methoxy groups -OCH3 is 1. The molecule has 3 heterocycles. The smallest absolute Gasteiger partial charge is 0.272 e. The number of ether oxygens (including phenoxy) is 1. The molecule has 7 aromatic rings. The molecule has 9 nitrogen and oxygen atoms in total. The summed E-state index contributed by atoms with van der Waals surface area (Å²) in [7, 11) is 1.61. The van der Waals surface area contributed by atoms with Crippen LogP contribution in [0.1, 0.15) is 22.5 Å². The minimum atomic E-state index is -0.231. The van der Waals surface area contributed by atoms with Gasteiger partial charge in [0.2, 0.25) is 0 Å². The zero-order valence-corrected chi connectivity index (χ0v) is 30.5. The van der Waals surface area contributed by atoms with Crippen molar-refractivity contribution in [1.82, 2.24) is 19.1 Å². The number of hydrogen-bond acceptors (Lipinski definition) is 7. The van der Waals surface area contributed by atoms with Gasteiger partial charge in [0.15, 0.2) is 0 Å². The molecule has 0 saturated carbocycles. The number of aromatic hydroxyl groups is 1. The van der Waals surface area contributed by atoms with E-state index in [1.165, 1.54) is 0 Å². The number of halogens is 1. The van der Waals surface area contributed by atoms with Gasteiger partial charge in [-0.1, -0.05) is 96.5 Å². The number of aryl methyl sites for hydroxylation is 4. The summed E-state index contributed by atoms with van der Waals surface area (Å²) in [5.41, 5.74) is 4.68. The lowest BCUT2D eigenvalue weighted by Gasteiger charge is -2.16. The zero-order chi connectivity index (χ0) is 37.3. The summed E-state index contributed by atoms with van der Waals surface area (Å²) in [6.45, 7) is 4.45. The van der Waals surface area contributed by atoms with Crippen molar-refractivity contribution in [2.24, 2.45) is 0 Å². The van der Waals surface area contributed by atoms with E-state index in [-0.39, 0.29) is 21.9 Å². The number of phenolic OH excluding ortho intramolecular Hbond substituents is 1. The first-order chi connectivity index (χ1) is 25.8. The molecular weight excluding hydrogens is 688 g/mol. The van der Waals surface area contributed by atoms with Crippen LogP contribution in [0.4, 0.5) is 0 Å². The van der Waals surface area contributed by atoms with Gasteiger partial charge in [0, 0.05) is 13.1 Å². The van der Waals surface area contributed by atoms with Crippen LogP contribution in [-0.4, -0.2) is 31.3 Å². The first kappa shape index (κ1) is 36.6. The zero-order valence-electron chi connectivity index (χ0n) is 29.7. The highest BCUT2D eigenvalue weighted by molar-refractivity contribution is 6.31. The number of nitrogens with zero attached hydrogens (tertiary/aromatic N) is 4. The summed E-state index contributed by atoms with van der Waals surface area (Å²) in [5.74, 6) is 2.28. The number of benzene rings is 4. The lowest BCUT2D eigenvalue weighted by molar-refractivity contribution is 0.415. The van der Waals surface area contributed by atoms with Crippen molar-refractivity contribution >= 4 is 11.6 Å². The van der Waals surface area contributed by atoms with Crippen LogP contribution in [0, 0.1) is 13.8 Å². The molecule has 4 aromatic carbocycles. The maximum Gasteiger partial charge on any atom is 0.272 e. The van der Waals surface area contributed by atoms with Gasteiger partial charge in [-0.25, -0.2) is 9.97 Å². The van der Waals surface area contributed by atoms with E-state index >= 15 is 0 Å². The predicted molar refractivity (Wildman–Crippen MR) is 209 cm³/mol. The van der Waals surface area contributed by atoms with Crippen LogP contribution in [0.3, 0.4) is 0 Å². The third-order valence-electron chi connectivity index (χ3n) is 8.82. The molecule has 0 bridgehead atoms. The molecule has 0 aliphatic carbocycles. The Morgan fingerprint density at radius 2 is 1.19 bits per heavy atom. The van der Waals surface area contributed by atoms with Crippen molar-refractivity contribution in [2.45, 2.75) is 39.8 Å². The monoisotopic (exact) mass is 726 g/mol. The standard InChI is InChI=1S/C23H20N2O3.C20H19ClN2O2/c1-16-21(20-12-7-15-28-20)23(27)25(14-13-17-8-3-2-4-9-17)22(24-16)18-10-5-6-11-19(18)26;1-14-18(21)20(24)23(13-12-15-8-4-3-5-9-15)19(22-14)16-10-6-7-11-17(16)25-2/h2-12,15,26H,13-14H2,1H3;3-11H,12-13H2,1-2H3. The molecule has 0 unspecified atom stereocenters. The Hall–Kier alpha value is -6.19. The Balaban J connectivity index is 0.000000183. The second-order valence-corrected chi connectivity index (χ2v) is 12.7. The van der Waals surface area contributed by atoms with Gasteiger partial charge in [-0.2, -0.15) is 0 Å². The number of rotatable bonds is 10. The third kappa shape index (κ3) is 8.32. The van der Waals surface area contributed by atoms with Crippen molar-refractivity contribution < 1.29 is 14.3 Å². The van der Waals surface area contributed by atoms with Crippen LogP contribution >= 0.6 is 11.6 Å². The molecule has 7 rings (SSSR count). The van der Waals surface area contributed by atoms with Crippen molar-refractivity contribution in [1.29, 1.82) is 0 Å². The number of phenols is 1. The Kier molecular flexibility index (Phi) is 11.7. The van der Waals surface area contributed by atoms with Crippen molar-refractivity contribution in [3.63, 3.8) is 0 Å². The van der Waals surface area contributed by atoms with E-state index in [2.05, 4.69) is 9.97 Å². The summed E-state index contributed by atoms with van der Waals surface area (Å²) >= 11 is 6.17. The van der Waals surface area contributed by atoms with Gasteiger partial charge < -0.3 is 14.3 Å². The average molecular weight is 727 g/mol. The summed E-state index contributed by atoms with van der Waals surface area (Å²) in [5, 5.41) is 10.5. The summed E-state index contributed by atoms with van der Waals surface area (Å²) in [6.07, 6.45) is 2.92. The fourth-order valence-corrected chi connectivity index (χ4v) is 6.24. The molecule has 0 atom stereocenters. The van der Waals surface area contributed by atoms with E-state index in [1.807, 2.05) is 91.0 Å². The van der Waals surface area contributed by atoms with E-state index in [0.29, 0.717) is 71.6 Å². The Morgan fingerprint density at radius 3 is 1.77 bits per heavy atom. The highest BCUT2D eigenvalue weighted by atomic mass is 35.5. The second-order valence-electron chi connectivity index (χ2n) is 12.3. The quantitative estimate of drug-likeness (QED) is 0.150. The number of furan rings is 1. The van der Waals surface area contributed by atoms with E-state index in [9.17, 15) is 14.7 Å². The minimum absolute atomic E-state index is 0.0907. The van der Waals surface area contributed by atoms with Gasteiger partial charge in [0.05, 0.1) is 35.9 Å². The first-order valence-electron chi connectivity index (χ1n) is 17.2. The minimum Gasteiger partial charge on any atom is -0.507 e. The van der Waals surface area contributed by atoms with Crippen LogP contribution in [0.25, 0.3) is 34.1 Å². The predicted octanol–water partition coefficient (Wildman–Crippen LogP) is 8.55. The highest BCUT2D eigenvalue weighted by Crippen LogP contribution is 2.30. The molecule has 0 radical (unpaired) electrons. The van der Waals surface area contributed by atoms with Crippen molar-refractivity contribution in [3.8, 4) is 45.6 Å². The molecule has 1 N–H and O–H groups in total. The normalized spacial score (nSPS) is 10.8. The Morgan fingerprint density at radius 1 is 0.660 bits per heavy atom. The van der Waals surface area contributed by atoms with Gasteiger partial charge in [0.25, 0.3) is 11.1 Å². The third-order valence-corrected chi connectivity index (χ3v) is 9.26. The second kappa shape index (κ2) is 16.9. The molecule has 268 valence electrons. The number of para-hydroxylation sites is 2. The lowest BCUT2D eigenvalue weighted by Crippen LogP contribution is -2.27. The van der Waals surface area contributed by atoms with Crippen LogP contribution in [0.15, 0.2) is 142 Å². The molecule has 0 aliphatic heterocycles. The molecule has 0 aliphatic rings. The average Bonchev–Trinajstić information content (AvgIpc) is 3.72. The summed E-state index contributed by atoms with van der Waals surface area (Å²) in [6, 6.07) is 38.0. The van der Waals surface area contributed by atoms with Crippen LogP contribution in [0.5, 0.6) is 11.5 Å². The van der Waals surface area contributed by atoms with E-state index in [1.54, 1.807) is 66.7 Å². The largest absolute Gasteiger partial charge is 0.507 e.